The molecule has 0 unspecified atom stereocenters. The summed E-state index contributed by atoms with van der Waals surface area (Å²) in [5, 5.41) is 8.90. The van der Waals surface area contributed by atoms with Gasteiger partial charge in [0, 0.05) is 30.2 Å². The molecular formula is C18H21ClN4O3. The van der Waals surface area contributed by atoms with Crippen LogP contribution in [0.15, 0.2) is 46.9 Å². The number of para-hydroxylation sites is 1. The molecule has 4 N–H and O–H groups in total. The molecule has 2 aromatic rings. The van der Waals surface area contributed by atoms with Gasteiger partial charge in [-0.25, -0.2) is 0 Å². The first-order chi connectivity index (χ1) is 12.1. The number of benzene rings is 1. The molecular weight excluding hydrogens is 356 g/mol. The Morgan fingerprint density at radius 3 is 2.73 bits per heavy atom. The van der Waals surface area contributed by atoms with Gasteiger partial charge in [-0.15, -0.1) is 12.4 Å². The van der Waals surface area contributed by atoms with Crippen molar-refractivity contribution in [2.45, 2.75) is 6.42 Å². The molecule has 8 heteroatoms. The first-order valence-electron chi connectivity index (χ1n) is 8.19. The molecule has 0 atom stereocenters. The van der Waals surface area contributed by atoms with Crippen LogP contribution in [0.4, 0.5) is 0 Å². The predicted octanol–water partition coefficient (Wildman–Crippen LogP) is 0.716. The highest BCUT2D eigenvalue weighted by Gasteiger charge is 2.14. The van der Waals surface area contributed by atoms with Crippen molar-refractivity contribution in [2.75, 3.05) is 26.2 Å². The first kappa shape index (κ1) is 19.7. The van der Waals surface area contributed by atoms with Gasteiger partial charge < -0.3 is 20.9 Å². The molecule has 0 fully saturated rings. The van der Waals surface area contributed by atoms with Crippen LogP contribution >= 0.6 is 12.4 Å². The largest absolute Gasteiger partial charge is 0.360 e. The number of amides is 2. The second kappa shape index (κ2) is 9.17. The molecule has 138 valence electrons. The molecule has 2 amide bonds. The Morgan fingerprint density at radius 2 is 1.96 bits per heavy atom. The van der Waals surface area contributed by atoms with Gasteiger partial charge in [-0.1, -0.05) is 23.8 Å². The summed E-state index contributed by atoms with van der Waals surface area (Å²) in [7, 11) is 0. The summed E-state index contributed by atoms with van der Waals surface area (Å²) in [5.74, 6) is -0.853. The van der Waals surface area contributed by atoms with E-state index < -0.39 is 5.91 Å². The highest BCUT2D eigenvalue weighted by atomic mass is 35.5. The van der Waals surface area contributed by atoms with E-state index in [4.69, 9.17) is 0 Å². The molecule has 0 bridgehead atoms. The monoisotopic (exact) mass is 376 g/mol. The Balaban J connectivity index is 0.00000243. The van der Waals surface area contributed by atoms with Crippen molar-refractivity contribution >= 4 is 35.1 Å². The molecule has 2 heterocycles. The lowest BCUT2D eigenvalue weighted by Gasteiger charge is -2.14. The smallest absolute Gasteiger partial charge is 0.257 e. The third kappa shape index (κ3) is 4.71. The SMILES string of the molecule is Cl.O=C(CNC(=O)c1c[nH]c2ccccc2c1=O)NCC1=CCNCC1. The lowest BCUT2D eigenvalue weighted by molar-refractivity contribution is -0.119. The summed E-state index contributed by atoms with van der Waals surface area (Å²) in [6, 6.07) is 6.97. The number of hydrogen-bond acceptors (Lipinski definition) is 4. The number of pyridine rings is 1. The van der Waals surface area contributed by atoms with Gasteiger partial charge >= 0.3 is 0 Å². The van der Waals surface area contributed by atoms with Crippen LogP contribution in [0.2, 0.25) is 0 Å². The van der Waals surface area contributed by atoms with Gasteiger partial charge in [-0.2, -0.15) is 0 Å². The Labute approximate surface area is 156 Å². The maximum Gasteiger partial charge on any atom is 0.257 e. The van der Waals surface area contributed by atoms with Crippen LogP contribution < -0.4 is 21.4 Å². The molecule has 0 aliphatic carbocycles. The van der Waals surface area contributed by atoms with Crippen molar-refractivity contribution in [2.24, 2.45) is 0 Å². The second-order valence-electron chi connectivity index (χ2n) is 5.85. The zero-order valence-electron chi connectivity index (χ0n) is 14.1. The molecule has 0 radical (unpaired) electrons. The predicted molar refractivity (Wildman–Crippen MR) is 103 cm³/mol. The van der Waals surface area contributed by atoms with Gasteiger partial charge in [-0.05, 0) is 25.1 Å². The zero-order chi connectivity index (χ0) is 17.6. The van der Waals surface area contributed by atoms with E-state index in [1.165, 1.54) is 11.8 Å². The molecule has 1 aromatic carbocycles. The zero-order valence-corrected chi connectivity index (χ0v) is 14.9. The summed E-state index contributed by atoms with van der Waals surface area (Å²) in [5.41, 5.74) is 1.47. The van der Waals surface area contributed by atoms with Crippen LogP contribution in [0.5, 0.6) is 0 Å². The number of rotatable bonds is 5. The van der Waals surface area contributed by atoms with Gasteiger partial charge in [0.15, 0.2) is 0 Å². The third-order valence-corrected chi connectivity index (χ3v) is 4.11. The summed E-state index contributed by atoms with van der Waals surface area (Å²) in [6.07, 6.45) is 4.33. The van der Waals surface area contributed by atoms with Crippen LogP contribution in [0, 0.1) is 0 Å². The van der Waals surface area contributed by atoms with Gasteiger partial charge in [0.05, 0.1) is 6.54 Å². The Kier molecular flexibility index (Phi) is 6.94. The van der Waals surface area contributed by atoms with Crippen LogP contribution in [0.3, 0.4) is 0 Å². The van der Waals surface area contributed by atoms with E-state index in [2.05, 4.69) is 27.0 Å². The highest BCUT2D eigenvalue weighted by Crippen LogP contribution is 2.06. The molecule has 0 saturated carbocycles. The number of carbonyl (C=O) groups excluding carboxylic acids is 2. The topological polar surface area (TPSA) is 103 Å². The number of H-pyrrole nitrogens is 1. The summed E-state index contributed by atoms with van der Waals surface area (Å²) in [6.45, 7) is 2.03. The number of halogens is 1. The highest BCUT2D eigenvalue weighted by molar-refractivity contribution is 5.98. The van der Waals surface area contributed by atoms with Crippen molar-refractivity contribution in [3.63, 3.8) is 0 Å². The maximum absolute atomic E-state index is 12.4. The fourth-order valence-electron chi connectivity index (χ4n) is 2.70. The minimum absolute atomic E-state index is 0. The minimum atomic E-state index is -0.566. The molecule has 0 saturated heterocycles. The van der Waals surface area contributed by atoms with Gasteiger partial charge in [0.25, 0.3) is 5.91 Å². The molecule has 1 aromatic heterocycles. The standard InChI is InChI=1S/C18H20N4O3.ClH/c23-16(21-9-12-5-7-19-8-6-12)11-22-18(25)14-10-20-15-4-2-1-3-13(15)17(14)24;/h1-5,10,19H,6-9,11H2,(H,20,24)(H,21,23)(H,22,25);1H. The van der Waals surface area contributed by atoms with Crippen LogP contribution in [-0.2, 0) is 4.79 Å². The van der Waals surface area contributed by atoms with Crippen LogP contribution in [0.1, 0.15) is 16.8 Å². The number of carbonyl (C=O) groups is 2. The van der Waals surface area contributed by atoms with Crippen molar-refractivity contribution in [1.29, 1.82) is 0 Å². The van der Waals surface area contributed by atoms with Gasteiger partial charge in [0.1, 0.15) is 5.56 Å². The first-order valence-corrected chi connectivity index (χ1v) is 8.19. The molecule has 1 aliphatic rings. The lowest BCUT2D eigenvalue weighted by Crippen LogP contribution is -2.39. The number of aromatic amines is 1. The van der Waals surface area contributed by atoms with E-state index in [1.807, 2.05) is 0 Å². The summed E-state index contributed by atoms with van der Waals surface area (Å²) in [4.78, 5) is 39.3. The quantitative estimate of drug-likeness (QED) is 0.577. The Bertz CT molecular complexity index is 891. The summed E-state index contributed by atoms with van der Waals surface area (Å²) >= 11 is 0. The molecule has 0 spiro atoms. The Morgan fingerprint density at radius 1 is 1.15 bits per heavy atom. The molecule has 7 nitrogen and oxygen atoms in total. The van der Waals surface area contributed by atoms with E-state index in [1.54, 1.807) is 24.3 Å². The van der Waals surface area contributed by atoms with Gasteiger partial charge in [0.2, 0.25) is 11.3 Å². The van der Waals surface area contributed by atoms with Crippen molar-refractivity contribution in [3.8, 4) is 0 Å². The third-order valence-electron chi connectivity index (χ3n) is 4.11. The Hall–Kier alpha value is -2.64. The van der Waals surface area contributed by atoms with E-state index in [9.17, 15) is 14.4 Å². The summed E-state index contributed by atoms with van der Waals surface area (Å²) < 4.78 is 0. The normalized spacial score (nSPS) is 13.5. The maximum atomic E-state index is 12.4. The van der Waals surface area contributed by atoms with Crippen molar-refractivity contribution in [3.05, 3.63) is 57.9 Å². The molecule has 26 heavy (non-hydrogen) atoms. The average molecular weight is 377 g/mol. The average Bonchev–Trinajstić information content (AvgIpc) is 2.66. The van der Waals surface area contributed by atoms with Crippen LogP contribution in [0.25, 0.3) is 10.9 Å². The second-order valence-corrected chi connectivity index (χ2v) is 5.85. The van der Waals surface area contributed by atoms with Crippen LogP contribution in [-0.4, -0.2) is 43.0 Å². The number of fused-ring (bicyclic) bond motifs is 1. The number of hydrogen-bond donors (Lipinski definition) is 4. The van der Waals surface area contributed by atoms with E-state index >= 15 is 0 Å². The van der Waals surface area contributed by atoms with E-state index in [0.29, 0.717) is 17.4 Å². The van der Waals surface area contributed by atoms with Gasteiger partial charge in [-0.3, -0.25) is 14.4 Å². The number of aromatic nitrogens is 1. The minimum Gasteiger partial charge on any atom is -0.360 e. The van der Waals surface area contributed by atoms with E-state index in [0.717, 1.165) is 19.5 Å². The van der Waals surface area contributed by atoms with Crippen molar-refractivity contribution in [1.82, 2.24) is 20.9 Å². The fraction of sp³-hybridized carbons (Fsp3) is 0.278. The fourth-order valence-corrected chi connectivity index (χ4v) is 2.70. The number of nitrogens with one attached hydrogen (secondary N) is 4. The lowest BCUT2D eigenvalue weighted by atomic mass is 10.1. The van der Waals surface area contributed by atoms with Crippen molar-refractivity contribution < 1.29 is 9.59 Å². The molecule has 3 rings (SSSR count). The molecule has 1 aliphatic heterocycles. The van der Waals surface area contributed by atoms with E-state index in [-0.39, 0.29) is 35.9 Å².